The predicted octanol–water partition coefficient (Wildman–Crippen LogP) is 3.70. The molecule has 0 spiro atoms. The number of rotatable bonds is 2. The Kier molecular flexibility index (Phi) is 4.20. The van der Waals surface area contributed by atoms with Crippen LogP contribution in [0.2, 0.25) is 5.02 Å². The summed E-state index contributed by atoms with van der Waals surface area (Å²) in [7, 11) is 0. The van der Waals surface area contributed by atoms with Crippen molar-refractivity contribution in [1.29, 1.82) is 0 Å². The molecule has 7 heteroatoms. The van der Waals surface area contributed by atoms with E-state index in [0.717, 1.165) is 11.1 Å². The van der Waals surface area contributed by atoms with Crippen molar-refractivity contribution in [1.82, 2.24) is 19.7 Å². The first-order valence-corrected chi connectivity index (χ1v) is 8.65. The van der Waals surface area contributed by atoms with Gasteiger partial charge in [0.15, 0.2) is 11.6 Å². The third-order valence-electron chi connectivity index (χ3n) is 4.57. The largest absolute Gasteiger partial charge is 0.329 e. The Morgan fingerprint density at radius 2 is 1.88 bits per heavy atom. The van der Waals surface area contributed by atoms with E-state index in [2.05, 4.69) is 10.2 Å². The third kappa shape index (κ3) is 2.86. The molecule has 0 radical (unpaired) electrons. The van der Waals surface area contributed by atoms with Gasteiger partial charge in [-0.25, -0.2) is 4.39 Å². The fraction of sp³-hybridized carbons (Fsp3) is 0.211. The van der Waals surface area contributed by atoms with Crippen molar-refractivity contribution in [2.45, 2.75) is 20.0 Å². The highest BCUT2D eigenvalue weighted by Crippen LogP contribution is 2.25. The summed E-state index contributed by atoms with van der Waals surface area (Å²) in [6.07, 6.45) is 0. The number of amides is 1. The van der Waals surface area contributed by atoms with Gasteiger partial charge in [-0.1, -0.05) is 23.7 Å². The molecular weight excluding hydrogens is 355 g/mol. The Bertz CT molecular complexity index is 984. The Labute approximate surface area is 155 Å². The molecule has 0 aliphatic carbocycles. The zero-order chi connectivity index (χ0) is 18.3. The van der Waals surface area contributed by atoms with E-state index in [1.165, 1.54) is 12.1 Å². The highest BCUT2D eigenvalue weighted by molar-refractivity contribution is 6.34. The SMILES string of the molecule is Cc1cccc(C(=O)N2CCn3c(nnc3-c3ccc(F)cc3)C2)c1Cl. The normalized spacial score (nSPS) is 13.6. The van der Waals surface area contributed by atoms with Crippen LogP contribution in [0.15, 0.2) is 42.5 Å². The van der Waals surface area contributed by atoms with Gasteiger partial charge in [0.05, 0.1) is 17.1 Å². The lowest BCUT2D eigenvalue weighted by Crippen LogP contribution is -2.38. The molecule has 1 aromatic heterocycles. The molecule has 0 saturated carbocycles. The van der Waals surface area contributed by atoms with Crippen LogP contribution in [-0.4, -0.2) is 32.1 Å². The van der Waals surface area contributed by atoms with E-state index < -0.39 is 0 Å². The van der Waals surface area contributed by atoms with Crippen molar-refractivity contribution < 1.29 is 9.18 Å². The van der Waals surface area contributed by atoms with Crippen LogP contribution in [0.25, 0.3) is 11.4 Å². The fourth-order valence-corrected chi connectivity index (χ4v) is 3.33. The number of aromatic nitrogens is 3. The van der Waals surface area contributed by atoms with Gasteiger partial charge in [0, 0.05) is 18.7 Å². The maximum atomic E-state index is 13.1. The van der Waals surface area contributed by atoms with Crippen LogP contribution in [0.1, 0.15) is 21.7 Å². The van der Waals surface area contributed by atoms with E-state index in [0.29, 0.717) is 41.9 Å². The minimum absolute atomic E-state index is 0.115. The number of hydrogen-bond donors (Lipinski definition) is 0. The first-order chi connectivity index (χ1) is 12.5. The molecule has 0 N–H and O–H groups in total. The summed E-state index contributed by atoms with van der Waals surface area (Å²) in [6.45, 7) is 3.34. The topological polar surface area (TPSA) is 51.0 Å². The maximum Gasteiger partial charge on any atom is 0.255 e. The van der Waals surface area contributed by atoms with Crippen LogP contribution in [0, 0.1) is 12.7 Å². The van der Waals surface area contributed by atoms with Gasteiger partial charge in [-0.3, -0.25) is 4.79 Å². The van der Waals surface area contributed by atoms with Gasteiger partial charge in [0.2, 0.25) is 0 Å². The van der Waals surface area contributed by atoms with E-state index >= 15 is 0 Å². The van der Waals surface area contributed by atoms with E-state index in [1.807, 2.05) is 23.6 Å². The maximum absolute atomic E-state index is 13.1. The Hall–Kier alpha value is -2.73. The second-order valence-corrected chi connectivity index (χ2v) is 6.64. The number of halogens is 2. The molecule has 1 aliphatic heterocycles. The summed E-state index contributed by atoms with van der Waals surface area (Å²) in [4.78, 5) is 14.6. The van der Waals surface area contributed by atoms with Crippen LogP contribution in [-0.2, 0) is 13.1 Å². The summed E-state index contributed by atoms with van der Waals surface area (Å²) < 4.78 is 15.1. The van der Waals surface area contributed by atoms with Crippen LogP contribution in [0.5, 0.6) is 0 Å². The number of nitrogens with zero attached hydrogens (tertiary/aromatic N) is 4. The lowest BCUT2D eigenvalue weighted by molar-refractivity contribution is 0.0708. The fourth-order valence-electron chi connectivity index (χ4n) is 3.13. The van der Waals surface area contributed by atoms with Crippen LogP contribution >= 0.6 is 11.6 Å². The molecular formula is C19H16ClFN4O. The molecule has 4 rings (SSSR count). The Balaban J connectivity index is 1.60. The van der Waals surface area contributed by atoms with Crippen molar-refractivity contribution in [3.63, 3.8) is 0 Å². The molecule has 0 saturated heterocycles. The van der Waals surface area contributed by atoms with Crippen LogP contribution < -0.4 is 0 Å². The van der Waals surface area contributed by atoms with Gasteiger partial charge in [-0.15, -0.1) is 10.2 Å². The van der Waals surface area contributed by atoms with E-state index in [1.54, 1.807) is 23.1 Å². The van der Waals surface area contributed by atoms with Crippen molar-refractivity contribution in [2.24, 2.45) is 0 Å². The average Bonchev–Trinajstić information content (AvgIpc) is 3.07. The average molecular weight is 371 g/mol. The van der Waals surface area contributed by atoms with Gasteiger partial charge >= 0.3 is 0 Å². The Morgan fingerprint density at radius 1 is 1.12 bits per heavy atom. The van der Waals surface area contributed by atoms with E-state index in [4.69, 9.17) is 11.6 Å². The van der Waals surface area contributed by atoms with Crippen LogP contribution in [0.3, 0.4) is 0 Å². The molecule has 0 bridgehead atoms. The molecule has 0 unspecified atom stereocenters. The summed E-state index contributed by atoms with van der Waals surface area (Å²) >= 11 is 6.29. The van der Waals surface area contributed by atoms with Crippen molar-refractivity contribution >= 4 is 17.5 Å². The highest BCUT2D eigenvalue weighted by Gasteiger charge is 2.27. The first kappa shape index (κ1) is 16.7. The molecule has 5 nitrogen and oxygen atoms in total. The quantitative estimate of drug-likeness (QED) is 0.691. The summed E-state index contributed by atoms with van der Waals surface area (Å²) in [5.74, 6) is 0.976. The summed E-state index contributed by atoms with van der Waals surface area (Å²) in [5.41, 5.74) is 2.17. The van der Waals surface area contributed by atoms with Gasteiger partial charge in [0.1, 0.15) is 5.82 Å². The smallest absolute Gasteiger partial charge is 0.255 e. The zero-order valence-electron chi connectivity index (χ0n) is 14.1. The number of fused-ring (bicyclic) bond motifs is 1. The zero-order valence-corrected chi connectivity index (χ0v) is 14.9. The third-order valence-corrected chi connectivity index (χ3v) is 5.07. The molecule has 3 aromatic rings. The second-order valence-electron chi connectivity index (χ2n) is 6.26. The summed E-state index contributed by atoms with van der Waals surface area (Å²) in [5, 5.41) is 8.92. The molecule has 2 heterocycles. The minimum atomic E-state index is -0.293. The lowest BCUT2D eigenvalue weighted by atomic mass is 10.1. The monoisotopic (exact) mass is 370 g/mol. The number of carbonyl (C=O) groups excluding carboxylic acids is 1. The van der Waals surface area contributed by atoms with E-state index in [-0.39, 0.29) is 11.7 Å². The number of carbonyl (C=O) groups is 1. The number of benzene rings is 2. The van der Waals surface area contributed by atoms with E-state index in [9.17, 15) is 9.18 Å². The van der Waals surface area contributed by atoms with Gasteiger partial charge in [-0.05, 0) is 42.8 Å². The van der Waals surface area contributed by atoms with Crippen molar-refractivity contribution in [2.75, 3.05) is 6.54 Å². The van der Waals surface area contributed by atoms with Crippen molar-refractivity contribution in [3.8, 4) is 11.4 Å². The van der Waals surface area contributed by atoms with Gasteiger partial charge in [-0.2, -0.15) is 0 Å². The molecule has 2 aromatic carbocycles. The minimum Gasteiger partial charge on any atom is -0.329 e. The molecule has 1 aliphatic rings. The van der Waals surface area contributed by atoms with Crippen LogP contribution in [0.4, 0.5) is 4.39 Å². The molecule has 132 valence electrons. The summed E-state index contributed by atoms with van der Waals surface area (Å²) in [6, 6.07) is 11.6. The van der Waals surface area contributed by atoms with Gasteiger partial charge in [0.25, 0.3) is 5.91 Å². The molecule has 0 fully saturated rings. The molecule has 1 amide bonds. The number of aryl methyl sites for hydroxylation is 1. The predicted molar refractivity (Wildman–Crippen MR) is 96.3 cm³/mol. The first-order valence-electron chi connectivity index (χ1n) is 8.27. The lowest BCUT2D eigenvalue weighted by Gasteiger charge is -2.28. The van der Waals surface area contributed by atoms with Crippen molar-refractivity contribution in [3.05, 3.63) is 70.3 Å². The Morgan fingerprint density at radius 3 is 2.65 bits per heavy atom. The standard InChI is InChI=1S/C19H16ClFN4O/c1-12-3-2-4-15(17(12)20)19(26)24-9-10-25-16(11-24)22-23-18(25)13-5-7-14(21)8-6-13/h2-8H,9-11H2,1H3. The molecule has 0 atom stereocenters. The van der Waals surface area contributed by atoms with Gasteiger partial charge < -0.3 is 9.47 Å². The highest BCUT2D eigenvalue weighted by atomic mass is 35.5. The number of hydrogen-bond acceptors (Lipinski definition) is 3. The molecule has 26 heavy (non-hydrogen) atoms. The second kappa shape index (κ2) is 6.53.